The van der Waals surface area contributed by atoms with E-state index in [9.17, 15) is 13.2 Å². The number of carbonyl (C=O) groups is 1. The number of primary sulfonamides is 1. The Hall–Kier alpha value is -3.33. The molecule has 1 aliphatic rings. The third kappa shape index (κ3) is 8.71. The van der Waals surface area contributed by atoms with E-state index in [0.717, 1.165) is 28.3 Å². The van der Waals surface area contributed by atoms with Crippen molar-refractivity contribution >= 4 is 33.4 Å². The highest BCUT2D eigenvalue weighted by Crippen LogP contribution is 2.43. The van der Waals surface area contributed by atoms with Gasteiger partial charge < -0.3 is 11.1 Å². The summed E-state index contributed by atoms with van der Waals surface area (Å²) in [6.07, 6.45) is 4.88. The highest BCUT2D eigenvalue weighted by molar-refractivity contribution is 8.03. The molecule has 0 fully saturated rings. The number of carbonyl (C=O) groups excluding carboxylic acids is 1. The third-order valence-corrected chi connectivity index (χ3v) is 7.55. The van der Waals surface area contributed by atoms with E-state index in [1.54, 1.807) is 23.9 Å². The molecule has 1 amide bonds. The van der Waals surface area contributed by atoms with Crippen LogP contribution >= 0.6 is 11.8 Å². The van der Waals surface area contributed by atoms with E-state index in [-0.39, 0.29) is 16.7 Å². The van der Waals surface area contributed by atoms with Gasteiger partial charge in [0.2, 0.25) is 15.9 Å². The van der Waals surface area contributed by atoms with Gasteiger partial charge in [-0.05, 0) is 59.2 Å². The molecule has 3 aromatic rings. The van der Waals surface area contributed by atoms with E-state index in [2.05, 4.69) is 29.6 Å². The Morgan fingerprint density at radius 2 is 1.58 bits per heavy atom. The first-order chi connectivity index (χ1) is 17.2. The summed E-state index contributed by atoms with van der Waals surface area (Å²) in [5, 5.41) is 8.06. The summed E-state index contributed by atoms with van der Waals surface area (Å²) in [4.78, 5) is 12.7. The quantitative estimate of drug-likeness (QED) is 0.380. The minimum absolute atomic E-state index is 0.0333. The zero-order chi connectivity index (χ0) is 26.0. The van der Waals surface area contributed by atoms with Gasteiger partial charge in [-0.3, -0.25) is 4.79 Å². The van der Waals surface area contributed by atoms with Gasteiger partial charge in [-0.25, -0.2) is 13.6 Å². The maximum Gasteiger partial charge on any atom is 0.237 e. The molecule has 1 aliphatic carbocycles. The summed E-state index contributed by atoms with van der Waals surface area (Å²) in [6, 6.07) is 27.7. The van der Waals surface area contributed by atoms with Crippen LogP contribution in [0.1, 0.15) is 30.4 Å². The fraction of sp³-hybridized carbons (Fsp3) is 0.179. The molecule has 0 bridgehead atoms. The highest BCUT2D eigenvalue weighted by atomic mass is 32.2. The zero-order valence-corrected chi connectivity index (χ0v) is 21.8. The summed E-state index contributed by atoms with van der Waals surface area (Å²) in [6.45, 7) is 2.25. The lowest BCUT2D eigenvalue weighted by molar-refractivity contribution is -0.118. The van der Waals surface area contributed by atoms with Crippen molar-refractivity contribution in [2.24, 2.45) is 5.14 Å². The fourth-order valence-corrected chi connectivity index (χ4v) is 5.43. The molecule has 1 unspecified atom stereocenters. The first-order valence-electron chi connectivity index (χ1n) is 11.5. The number of nitrogens with two attached hydrogens (primary N) is 2. The van der Waals surface area contributed by atoms with Crippen LogP contribution in [0.5, 0.6) is 0 Å². The number of thioether (sulfide) groups is 1. The first-order valence-corrected chi connectivity index (χ1v) is 13.9. The van der Waals surface area contributed by atoms with E-state index >= 15 is 0 Å². The van der Waals surface area contributed by atoms with E-state index < -0.39 is 10.0 Å². The molecule has 0 aliphatic heterocycles. The SMILES string of the molecule is CC(=O)NCCc1ccccc1.Nc1ccc(SC2=CC(S(N)(=O)=O)=CCC2c2ccccc2)cc1. The van der Waals surface area contributed by atoms with Gasteiger partial charge in [0.25, 0.3) is 0 Å². The Balaban J connectivity index is 0.000000253. The maximum absolute atomic E-state index is 11.7. The number of nitrogen functional groups attached to an aromatic ring is 1. The van der Waals surface area contributed by atoms with Crippen LogP contribution in [0.3, 0.4) is 0 Å². The summed E-state index contributed by atoms with van der Waals surface area (Å²) >= 11 is 1.54. The smallest absolute Gasteiger partial charge is 0.237 e. The topological polar surface area (TPSA) is 115 Å². The third-order valence-electron chi connectivity index (χ3n) is 5.46. The molecule has 0 saturated heterocycles. The largest absolute Gasteiger partial charge is 0.399 e. The molecule has 0 aromatic heterocycles. The van der Waals surface area contributed by atoms with Gasteiger partial charge in [-0.15, -0.1) is 0 Å². The van der Waals surface area contributed by atoms with Crippen molar-refractivity contribution in [2.45, 2.75) is 30.6 Å². The maximum atomic E-state index is 11.7. The minimum Gasteiger partial charge on any atom is -0.399 e. The lowest BCUT2D eigenvalue weighted by atomic mass is 9.92. The molecule has 1 atom stereocenters. The Kier molecular flexibility index (Phi) is 9.93. The molecule has 6 nitrogen and oxygen atoms in total. The van der Waals surface area contributed by atoms with E-state index in [1.807, 2.05) is 60.7 Å². The Bertz CT molecular complexity index is 1310. The summed E-state index contributed by atoms with van der Waals surface area (Å²) < 4.78 is 23.4. The average molecular weight is 522 g/mol. The zero-order valence-electron chi connectivity index (χ0n) is 20.1. The molecule has 3 aromatic carbocycles. The Morgan fingerprint density at radius 3 is 2.17 bits per heavy atom. The number of allylic oxidation sites excluding steroid dienone is 3. The number of hydrogen-bond donors (Lipinski definition) is 3. The van der Waals surface area contributed by atoms with Gasteiger partial charge in [0.1, 0.15) is 0 Å². The molecule has 36 heavy (non-hydrogen) atoms. The van der Waals surface area contributed by atoms with Gasteiger partial charge in [0.05, 0.1) is 4.91 Å². The second-order valence-corrected chi connectivity index (χ2v) is 11.0. The number of rotatable bonds is 7. The van der Waals surface area contributed by atoms with Crippen LogP contribution in [0.2, 0.25) is 0 Å². The first kappa shape index (κ1) is 27.3. The van der Waals surface area contributed by atoms with E-state index in [4.69, 9.17) is 10.9 Å². The minimum atomic E-state index is -3.71. The van der Waals surface area contributed by atoms with Gasteiger partial charge in [-0.2, -0.15) is 0 Å². The van der Waals surface area contributed by atoms with Crippen LogP contribution < -0.4 is 16.2 Å². The van der Waals surface area contributed by atoms with Crippen LogP contribution in [0.15, 0.2) is 112 Å². The van der Waals surface area contributed by atoms with E-state index in [1.165, 1.54) is 12.5 Å². The number of sulfonamides is 1. The van der Waals surface area contributed by atoms with Crippen molar-refractivity contribution in [2.75, 3.05) is 12.3 Å². The summed E-state index contributed by atoms with van der Waals surface area (Å²) in [5.74, 6) is 0.144. The molecule has 0 saturated carbocycles. The van der Waals surface area contributed by atoms with Crippen LogP contribution in [0, 0.1) is 0 Å². The number of hydrogen-bond acceptors (Lipinski definition) is 5. The molecule has 0 spiro atoms. The fourth-order valence-electron chi connectivity index (χ4n) is 3.63. The van der Waals surface area contributed by atoms with Crippen molar-refractivity contribution < 1.29 is 13.2 Å². The predicted octanol–water partition coefficient (Wildman–Crippen LogP) is 4.97. The van der Waals surface area contributed by atoms with Crippen molar-refractivity contribution in [3.63, 3.8) is 0 Å². The van der Waals surface area contributed by atoms with Crippen LogP contribution in [0.4, 0.5) is 5.69 Å². The molecular weight excluding hydrogens is 490 g/mol. The van der Waals surface area contributed by atoms with Gasteiger partial charge in [0.15, 0.2) is 0 Å². The molecule has 0 radical (unpaired) electrons. The molecule has 5 N–H and O–H groups in total. The Morgan fingerprint density at radius 1 is 0.972 bits per heavy atom. The standard InChI is InChI=1S/C18H18N2O2S2.C10H13NO/c19-14-6-8-15(9-7-14)23-18-12-16(24(20,21)22)10-11-17(18)13-4-2-1-3-5-13;1-9(12)11-8-7-10-5-3-2-4-6-10/h1-10,12,17H,11,19H2,(H2,20,21,22);2-6H,7-8H2,1H3,(H,11,12). The molecule has 0 heterocycles. The molecule has 4 rings (SSSR count). The lowest BCUT2D eigenvalue weighted by Gasteiger charge is -2.23. The van der Waals surface area contributed by atoms with Crippen LogP contribution in [-0.2, 0) is 21.2 Å². The van der Waals surface area contributed by atoms with Crippen LogP contribution in [0.25, 0.3) is 0 Å². The van der Waals surface area contributed by atoms with Gasteiger partial charge >= 0.3 is 0 Å². The molecule has 8 heteroatoms. The van der Waals surface area contributed by atoms with Gasteiger partial charge in [0, 0.05) is 30.0 Å². The highest BCUT2D eigenvalue weighted by Gasteiger charge is 2.24. The van der Waals surface area contributed by atoms with Crippen molar-refractivity contribution in [3.8, 4) is 0 Å². The van der Waals surface area contributed by atoms with Crippen molar-refractivity contribution in [1.82, 2.24) is 5.32 Å². The number of benzene rings is 3. The second-order valence-electron chi connectivity index (χ2n) is 8.29. The normalized spacial score (nSPS) is 15.1. The summed E-state index contributed by atoms with van der Waals surface area (Å²) in [5.41, 5.74) is 8.83. The monoisotopic (exact) mass is 521 g/mol. The predicted molar refractivity (Wildman–Crippen MR) is 149 cm³/mol. The summed E-state index contributed by atoms with van der Waals surface area (Å²) in [7, 11) is -3.71. The number of anilines is 1. The van der Waals surface area contributed by atoms with Crippen molar-refractivity contribution in [1.29, 1.82) is 0 Å². The molecule has 188 valence electrons. The van der Waals surface area contributed by atoms with Crippen molar-refractivity contribution in [3.05, 3.63) is 118 Å². The van der Waals surface area contributed by atoms with Crippen LogP contribution in [-0.4, -0.2) is 20.9 Å². The lowest BCUT2D eigenvalue weighted by Crippen LogP contribution is -2.22. The second kappa shape index (κ2) is 13.1. The average Bonchev–Trinajstić information content (AvgIpc) is 2.86. The number of amides is 1. The Labute approximate surface area is 217 Å². The van der Waals surface area contributed by atoms with Gasteiger partial charge in [-0.1, -0.05) is 78.5 Å². The molecular formula is C28H31N3O3S2. The number of nitrogens with one attached hydrogen (secondary N) is 1. The van der Waals surface area contributed by atoms with E-state index in [0.29, 0.717) is 12.1 Å².